The van der Waals surface area contributed by atoms with Gasteiger partial charge in [-0.15, -0.1) is 11.3 Å². The van der Waals surface area contributed by atoms with Gasteiger partial charge < -0.3 is 19.1 Å². The Morgan fingerprint density at radius 3 is 1.75 bits per heavy atom. The van der Waals surface area contributed by atoms with Gasteiger partial charge in [0.25, 0.3) is 6.71 Å². The number of hydrogen-bond acceptors (Lipinski definition) is 5. The topological polar surface area (TPSA) is 22.9 Å². The highest BCUT2D eigenvalue weighted by atomic mass is 32.1. The maximum absolute atomic E-state index is 6.54. The molecule has 76 heavy (non-hydrogen) atoms. The summed E-state index contributed by atoms with van der Waals surface area (Å²) in [6.07, 6.45) is 4.66. The lowest BCUT2D eigenvalue weighted by Crippen LogP contribution is -2.61. The molecule has 2 aromatic heterocycles. The average Bonchev–Trinajstić information content (AvgIpc) is 4.17. The normalized spacial score (nSPS) is 18.8. The minimum Gasteiger partial charge on any atom is -0.456 e. The van der Waals surface area contributed by atoms with Crippen LogP contribution in [0.15, 0.2) is 186 Å². The fraction of sp³-hybridized carbons (Fsp3) is 0.229. The van der Waals surface area contributed by atoms with E-state index >= 15 is 0 Å². The molecule has 15 rings (SSSR count). The second-order valence-electron chi connectivity index (χ2n) is 24.9. The molecule has 0 bridgehead atoms. The van der Waals surface area contributed by atoms with Crippen LogP contribution < -0.4 is 31.1 Å². The van der Waals surface area contributed by atoms with Gasteiger partial charge in [0.1, 0.15) is 11.2 Å². The van der Waals surface area contributed by atoms with Crippen LogP contribution in [0.25, 0.3) is 53.2 Å². The molecule has 0 radical (unpaired) electrons. The first-order valence-electron chi connectivity index (χ1n) is 27.6. The number of anilines is 8. The van der Waals surface area contributed by atoms with Crippen molar-refractivity contribution in [3.8, 4) is 11.1 Å². The predicted octanol–water partition coefficient (Wildman–Crippen LogP) is 18.0. The number of thiophene rings is 1. The van der Waals surface area contributed by atoms with E-state index in [0.717, 1.165) is 40.5 Å². The van der Waals surface area contributed by atoms with Gasteiger partial charge in [-0.3, -0.25) is 0 Å². The van der Waals surface area contributed by atoms with Crippen LogP contribution in [-0.2, 0) is 16.2 Å². The molecule has 0 amide bonds. The van der Waals surface area contributed by atoms with Crippen molar-refractivity contribution >= 4 is 122 Å². The number of benzene rings is 9. The second kappa shape index (κ2) is 16.0. The Bertz CT molecular complexity index is 4030. The van der Waals surface area contributed by atoms with Crippen molar-refractivity contribution in [1.82, 2.24) is 0 Å². The summed E-state index contributed by atoms with van der Waals surface area (Å²) in [6.45, 7) is 19.2. The lowest BCUT2D eigenvalue weighted by Gasteiger charge is -2.51. The third kappa shape index (κ3) is 6.49. The van der Waals surface area contributed by atoms with Gasteiger partial charge in [-0.2, -0.15) is 0 Å². The quantitative estimate of drug-likeness (QED) is 0.164. The fourth-order valence-electron chi connectivity index (χ4n) is 14.2. The summed E-state index contributed by atoms with van der Waals surface area (Å²) < 4.78 is 9.17. The smallest absolute Gasteiger partial charge is 0.252 e. The van der Waals surface area contributed by atoms with Gasteiger partial charge in [0.2, 0.25) is 0 Å². The number of para-hydroxylation sites is 1. The molecule has 1 saturated carbocycles. The number of rotatable bonds is 4. The van der Waals surface area contributed by atoms with Crippen molar-refractivity contribution in [1.29, 1.82) is 0 Å². The zero-order valence-corrected chi connectivity index (χ0v) is 45.7. The third-order valence-corrected chi connectivity index (χ3v) is 19.6. The van der Waals surface area contributed by atoms with Gasteiger partial charge in [0, 0.05) is 81.9 Å². The van der Waals surface area contributed by atoms with Crippen LogP contribution in [0.4, 0.5) is 45.5 Å². The van der Waals surface area contributed by atoms with Crippen LogP contribution in [0, 0.1) is 0 Å². The third-order valence-electron chi connectivity index (χ3n) is 18.5. The standard InChI is InChI=1S/C70H62BN3OS/c1-67(2,3)45-25-29-55-58(37-45)72(47-27-32-63-52(39-47)50-20-12-14-22-62(50)75-63)60-41-49(74-57-31-24-44(43-18-10-9-11-19-43)36-54(57)69(7)34-16-17-35-70(69,74)8)42-61-66(60)71(55)56-30-26-46(68(4,5)6)38-59(56)73(61)48-28-33-65-53(40-48)51-21-13-15-23-64(51)76-65/h9-15,18-33,36-42H,16-17,34-35H2,1-8H3. The van der Waals surface area contributed by atoms with Crippen molar-refractivity contribution in [2.45, 2.75) is 103 Å². The fourth-order valence-corrected chi connectivity index (χ4v) is 15.3. The van der Waals surface area contributed by atoms with Crippen LogP contribution in [0.2, 0.25) is 0 Å². The first-order chi connectivity index (χ1) is 36.7. The molecule has 1 aliphatic carbocycles. The molecule has 4 nitrogen and oxygen atoms in total. The van der Waals surface area contributed by atoms with Crippen molar-refractivity contribution in [3.63, 3.8) is 0 Å². The SMILES string of the molecule is CC(C)(C)c1ccc2c(c1)N(c1ccc3oc4ccccc4c3c1)c1cc(N3c4ccc(-c5ccccc5)cc4C4(C)CCCCC34C)cc3c1B2c1ccc(C(C)(C)C)cc1N3c1ccc2sc3ccccc3c2c1. The van der Waals surface area contributed by atoms with Crippen molar-refractivity contribution in [3.05, 3.63) is 199 Å². The Hall–Kier alpha value is -7.54. The molecule has 6 heteroatoms. The maximum atomic E-state index is 6.54. The van der Waals surface area contributed by atoms with E-state index in [1.54, 1.807) is 0 Å². The Morgan fingerprint density at radius 2 is 1.05 bits per heavy atom. The van der Waals surface area contributed by atoms with Gasteiger partial charge in [-0.25, -0.2) is 0 Å². The zero-order chi connectivity index (χ0) is 51.6. The van der Waals surface area contributed by atoms with Gasteiger partial charge >= 0.3 is 0 Å². The largest absolute Gasteiger partial charge is 0.456 e. The molecule has 0 spiro atoms. The van der Waals surface area contributed by atoms with E-state index < -0.39 is 0 Å². The van der Waals surface area contributed by atoms with E-state index in [-0.39, 0.29) is 28.5 Å². The highest BCUT2D eigenvalue weighted by Gasteiger charge is 2.58. The second-order valence-corrected chi connectivity index (χ2v) is 25.9. The van der Waals surface area contributed by atoms with Crippen LogP contribution in [-0.4, -0.2) is 12.3 Å². The Morgan fingerprint density at radius 1 is 0.461 bits per heavy atom. The first kappa shape index (κ1) is 45.8. The summed E-state index contributed by atoms with van der Waals surface area (Å²) in [6, 6.07) is 69.9. The zero-order valence-electron chi connectivity index (χ0n) is 44.9. The van der Waals surface area contributed by atoms with Gasteiger partial charge in [-0.1, -0.05) is 158 Å². The van der Waals surface area contributed by atoms with E-state index in [9.17, 15) is 0 Å². The minimum atomic E-state index is -0.194. The molecule has 4 aliphatic rings. The van der Waals surface area contributed by atoms with Crippen LogP contribution in [0.5, 0.6) is 0 Å². The van der Waals surface area contributed by atoms with Gasteiger partial charge in [0.15, 0.2) is 0 Å². The van der Waals surface area contributed by atoms with Crippen LogP contribution in [0.3, 0.4) is 0 Å². The monoisotopic (exact) mass is 1000 g/mol. The lowest BCUT2D eigenvalue weighted by molar-refractivity contribution is 0.195. The molecule has 1 fully saturated rings. The molecular formula is C70H62BN3OS. The maximum Gasteiger partial charge on any atom is 0.252 e. The van der Waals surface area contributed by atoms with Crippen molar-refractivity contribution in [2.75, 3.05) is 14.7 Å². The number of hydrogen-bond donors (Lipinski definition) is 0. The molecule has 3 aliphatic heterocycles. The van der Waals surface area contributed by atoms with E-state index in [2.05, 4.69) is 252 Å². The van der Waals surface area contributed by atoms with Gasteiger partial charge in [-0.05, 0) is 160 Å². The molecular weight excluding hydrogens is 942 g/mol. The van der Waals surface area contributed by atoms with Crippen molar-refractivity contribution < 1.29 is 4.42 Å². The Balaban J connectivity index is 1.07. The predicted molar refractivity (Wildman–Crippen MR) is 326 cm³/mol. The van der Waals surface area contributed by atoms with E-state index in [1.165, 1.54) is 117 Å². The van der Waals surface area contributed by atoms with E-state index in [4.69, 9.17) is 4.42 Å². The van der Waals surface area contributed by atoms with E-state index in [1.807, 2.05) is 11.3 Å². The number of nitrogens with zero attached hydrogens (tertiary/aromatic N) is 3. The molecule has 372 valence electrons. The lowest BCUT2D eigenvalue weighted by atomic mass is 9.33. The molecule has 2 atom stereocenters. The summed E-state index contributed by atoms with van der Waals surface area (Å²) in [4.78, 5) is 8.10. The highest BCUT2D eigenvalue weighted by Crippen LogP contribution is 2.62. The van der Waals surface area contributed by atoms with Crippen LogP contribution in [0.1, 0.15) is 97.8 Å². The molecule has 9 aromatic carbocycles. The minimum absolute atomic E-state index is 0.0291. The van der Waals surface area contributed by atoms with E-state index in [0.29, 0.717) is 0 Å². The average molecular weight is 1000 g/mol. The number of fused-ring (bicyclic) bond motifs is 13. The van der Waals surface area contributed by atoms with Crippen LogP contribution >= 0.6 is 11.3 Å². The summed E-state index contributed by atoms with van der Waals surface area (Å²) in [7, 11) is 0. The van der Waals surface area contributed by atoms with Crippen molar-refractivity contribution in [2.24, 2.45) is 0 Å². The Labute approximate surface area is 451 Å². The summed E-state index contributed by atoms with van der Waals surface area (Å²) in [5, 5.41) is 4.87. The molecule has 11 aromatic rings. The molecule has 0 N–H and O–H groups in total. The Kier molecular flexibility index (Phi) is 9.65. The summed E-state index contributed by atoms with van der Waals surface area (Å²) in [5.41, 5.74) is 21.8. The van der Waals surface area contributed by atoms with Gasteiger partial charge in [0.05, 0.1) is 5.54 Å². The molecule has 0 saturated heterocycles. The number of furan rings is 1. The molecule has 2 unspecified atom stereocenters. The first-order valence-corrected chi connectivity index (χ1v) is 28.4. The summed E-state index contributed by atoms with van der Waals surface area (Å²) in [5.74, 6) is 0. The highest BCUT2D eigenvalue weighted by molar-refractivity contribution is 7.25. The summed E-state index contributed by atoms with van der Waals surface area (Å²) >= 11 is 1.89. The molecule has 5 heterocycles.